The molecule has 0 unspecified atom stereocenters. The molecule has 0 radical (unpaired) electrons. The van der Waals surface area contributed by atoms with Crippen molar-refractivity contribution >= 4 is 43.8 Å². The second kappa shape index (κ2) is 6.31. The molecule has 9 heteroatoms. The molecule has 0 saturated heterocycles. The summed E-state index contributed by atoms with van der Waals surface area (Å²) in [5, 5.41) is 11.7. The van der Waals surface area contributed by atoms with Crippen LogP contribution in [0.25, 0.3) is 0 Å². The Morgan fingerprint density at radius 1 is 1.32 bits per heavy atom. The molecule has 0 aliphatic rings. The Bertz CT molecular complexity index is 816. The highest BCUT2D eigenvalue weighted by molar-refractivity contribution is 7.90. The van der Waals surface area contributed by atoms with Crippen molar-refractivity contribution in [3.8, 4) is 0 Å². The van der Waals surface area contributed by atoms with Crippen LogP contribution in [-0.2, 0) is 9.84 Å². The second-order valence-electron chi connectivity index (χ2n) is 4.97. The molecule has 0 saturated carbocycles. The Morgan fingerprint density at radius 3 is 2.55 bits per heavy atom. The maximum absolute atomic E-state index is 12.2. The van der Waals surface area contributed by atoms with E-state index in [0.29, 0.717) is 5.13 Å². The van der Waals surface area contributed by atoms with Gasteiger partial charge < -0.3 is 0 Å². The van der Waals surface area contributed by atoms with Crippen molar-refractivity contribution < 1.29 is 13.2 Å². The number of nitrogens with one attached hydrogen (secondary N) is 1. The van der Waals surface area contributed by atoms with Gasteiger partial charge >= 0.3 is 0 Å². The first-order valence-electron chi connectivity index (χ1n) is 6.33. The zero-order chi connectivity index (χ0) is 16.5. The van der Waals surface area contributed by atoms with E-state index in [1.807, 2.05) is 13.8 Å². The number of carbonyl (C=O) groups excluding carboxylic acids is 1. The molecule has 0 atom stereocenters. The Morgan fingerprint density at radius 2 is 2.00 bits per heavy atom. The molecule has 2 aromatic rings. The van der Waals surface area contributed by atoms with E-state index >= 15 is 0 Å². The number of aromatic nitrogens is 2. The first kappa shape index (κ1) is 16.9. The number of hydrogen-bond donors (Lipinski definition) is 1. The van der Waals surface area contributed by atoms with Gasteiger partial charge in [0, 0.05) is 17.7 Å². The van der Waals surface area contributed by atoms with E-state index in [9.17, 15) is 13.2 Å². The van der Waals surface area contributed by atoms with Gasteiger partial charge in [0.05, 0.1) is 9.92 Å². The van der Waals surface area contributed by atoms with Gasteiger partial charge in [0.25, 0.3) is 5.91 Å². The van der Waals surface area contributed by atoms with Crippen molar-refractivity contribution in [2.45, 2.75) is 24.7 Å². The molecule has 22 heavy (non-hydrogen) atoms. The highest BCUT2D eigenvalue weighted by Gasteiger charge is 2.17. The number of rotatable bonds is 4. The van der Waals surface area contributed by atoms with Gasteiger partial charge in [-0.2, -0.15) is 0 Å². The molecule has 1 aromatic carbocycles. The summed E-state index contributed by atoms with van der Waals surface area (Å²) in [4.78, 5) is 12.1. The van der Waals surface area contributed by atoms with Gasteiger partial charge in [-0.15, -0.1) is 10.2 Å². The number of halogens is 1. The average molecular weight is 360 g/mol. The lowest BCUT2D eigenvalue weighted by atomic mass is 10.2. The third kappa shape index (κ3) is 3.82. The van der Waals surface area contributed by atoms with Crippen LogP contribution in [-0.4, -0.2) is 30.8 Å². The van der Waals surface area contributed by atoms with Gasteiger partial charge in [0.2, 0.25) is 5.13 Å². The van der Waals surface area contributed by atoms with Crippen molar-refractivity contribution in [1.82, 2.24) is 10.2 Å². The van der Waals surface area contributed by atoms with Crippen LogP contribution in [0.5, 0.6) is 0 Å². The van der Waals surface area contributed by atoms with Crippen LogP contribution in [0.1, 0.15) is 35.1 Å². The molecule has 1 aromatic heterocycles. The number of amides is 1. The molecule has 2 rings (SSSR count). The molecule has 118 valence electrons. The lowest BCUT2D eigenvalue weighted by Gasteiger charge is -2.05. The summed E-state index contributed by atoms with van der Waals surface area (Å²) in [5.41, 5.74) is 0.186. The smallest absolute Gasteiger partial charge is 0.257 e. The fourth-order valence-corrected chi connectivity index (χ4v) is 3.66. The molecule has 0 aliphatic carbocycles. The average Bonchev–Trinajstić information content (AvgIpc) is 2.86. The molecule has 1 amide bonds. The van der Waals surface area contributed by atoms with Crippen LogP contribution < -0.4 is 5.32 Å². The van der Waals surface area contributed by atoms with Gasteiger partial charge in [0.15, 0.2) is 9.84 Å². The third-order valence-electron chi connectivity index (χ3n) is 2.75. The van der Waals surface area contributed by atoms with E-state index in [-0.39, 0.29) is 21.4 Å². The summed E-state index contributed by atoms with van der Waals surface area (Å²) < 4.78 is 23.3. The summed E-state index contributed by atoms with van der Waals surface area (Å²) in [6, 6.07) is 4.08. The maximum atomic E-state index is 12.2. The first-order chi connectivity index (χ1) is 10.2. The number of carbonyl (C=O) groups is 1. The SMILES string of the molecule is CC(C)c1nnc(NC(=O)c2ccc(Cl)c(S(C)(=O)=O)c2)s1. The lowest BCUT2D eigenvalue weighted by molar-refractivity contribution is 0.102. The first-order valence-corrected chi connectivity index (χ1v) is 9.41. The standard InChI is InChI=1S/C13H14ClN3O3S2/c1-7(2)12-16-17-13(21-12)15-11(18)8-4-5-9(14)10(6-8)22(3,19)20/h4-7H,1-3H3,(H,15,17,18). The van der Waals surface area contributed by atoms with Crippen molar-refractivity contribution in [3.63, 3.8) is 0 Å². The number of hydrogen-bond acceptors (Lipinski definition) is 6. The highest BCUT2D eigenvalue weighted by atomic mass is 35.5. The molecular formula is C13H14ClN3O3S2. The fraction of sp³-hybridized carbons (Fsp3) is 0.308. The topological polar surface area (TPSA) is 89.0 Å². The third-order valence-corrected chi connectivity index (χ3v) is 5.47. The van der Waals surface area contributed by atoms with Crippen LogP contribution >= 0.6 is 22.9 Å². The number of anilines is 1. The Hall–Kier alpha value is -1.51. The van der Waals surface area contributed by atoms with Crippen LogP contribution in [0.15, 0.2) is 23.1 Å². The summed E-state index contributed by atoms with van der Waals surface area (Å²) in [6.45, 7) is 3.95. The number of sulfone groups is 1. The highest BCUT2D eigenvalue weighted by Crippen LogP contribution is 2.25. The van der Waals surface area contributed by atoms with Crippen LogP contribution in [0.4, 0.5) is 5.13 Å². The molecule has 1 heterocycles. The molecule has 0 bridgehead atoms. The zero-order valence-electron chi connectivity index (χ0n) is 12.1. The minimum atomic E-state index is -3.51. The van der Waals surface area contributed by atoms with E-state index in [4.69, 9.17) is 11.6 Å². The summed E-state index contributed by atoms with van der Waals surface area (Å²) in [5.74, 6) is -0.247. The minimum Gasteiger partial charge on any atom is -0.296 e. The van der Waals surface area contributed by atoms with Crippen molar-refractivity contribution in [3.05, 3.63) is 33.8 Å². The largest absolute Gasteiger partial charge is 0.296 e. The van der Waals surface area contributed by atoms with Gasteiger partial charge in [-0.1, -0.05) is 36.8 Å². The lowest BCUT2D eigenvalue weighted by Crippen LogP contribution is -2.12. The minimum absolute atomic E-state index is 0.0806. The number of nitrogens with zero attached hydrogens (tertiary/aromatic N) is 2. The van der Waals surface area contributed by atoms with Gasteiger partial charge in [-0.25, -0.2) is 8.42 Å². The van der Waals surface area contributed by atoms with E-state index in [1.54, 1.807) is 0 Å². The van der Waals surface area contributed by atoms with E-state index in [0.717, 1.165) is 11.3 Å². The van der Waals surface area contributed by atoms with Crippen LogP contribution in [0.2, 0.25) is 5.02 Å². The Labute approximate surface area is 137 Å². The molecular weight excluding hydrogens is 346 g/mol. The second-order valence-corrected chi connectivity index (χ2v) is 8.37. The number of benzene rings is 1. The van der Waals surface area contributed by atoms with Gasteiger partial charge in [-0.3, -0.25) is 10.1 Å². The summed E-state index contributed by atoms with van der Waals surface area (Å²) in [7, 11) is -3.51. The normalized spacial score (nSPS) is 11.7. The van der Waals surface area contributed by atoms with Gasteiger partial charge in [-0.05, 0) is 18.2 Å². The predicted molar refractivity (Wildman–Crippen MR) is 86.5 cm³/mol. The quantitative estimate of drug-likeness (QED) is 0.906. The Balaban J connectivity index is 2.26. The molecule has 0 spiro atoms. The van der Waals surface area contributed by atoms with Crippen molar-refractivity contribution in [2.24, 2.45) is 0 Å². The molecule has 0 aliphatic heterocycles. The molecule has 6 nitrogen and oxygen atoms in total. The summed E-state index contributed by atoms with van der Waals surface area (Å²) >= 11 is 7.13. The van der Waals surface area contributed by atoms with E-state index in [1.165, 1.54) is 29.5 Å². The van der Waals surface area contributed by atoms with Crippen LogP contribution in [0, 0.1) is 0 Å². The maximum Gasteiger partial charge on any atom is 0.257 e. The molecule has 1 N–H and O–H groups in total. The van der Waals surface area contributed by atoms with Crippen LogP contribution in [0.3, 0.4) is 0 Å². The van der Waals surface area contributed by atoms with E-state index < -0.39 is 15.7 Å². The Kier molecular flexibility index (Phi) is 4.84. The fourth-order valence-electron chi connectivity index (χ4n) is 1.62. The van der Waals surface area contributed by atoms with Gasteiger partial charge in [0.1, 0.15) is 5.01 Å². The summed E-state index contributed by atoms with van der Waals surface area (Å²) in [6.07, 6.45) is 1.04. The predicted octanol–water partition coefficient (Wildman–Crippen LogP) is 2.97. The van der Waals surface area contributed by atoms with Crippen molar-refractivity contribution in [1.29, 1.82) is 0 Å². The van der Waals surface area contributed by atoms with Crippen molar-refractivity contribution in [2.75, 3.05) is 11.6 Å². The zero-order valence-corrected chi connectivity index (χ0v) is 14.5. The monoisotopic (exact) mass is 359 g/mol. The van der Waals surface area contributed by atoms with E-state index in [2.05, 4.69) is 15.5 Å². The molecule has 0 fully saturated rings.